The Balaban J connectivity index is 2.16. The number of anilines is 1. The molecule has 20 heavy (non-hydrogen) atoms. The molecule has 0 atom stereocenters. The maximum absolute atomic E-state index is 13.3. The highest BCUT2D eigenvalue weighted by Gasteiger charge is 2.13. The van der Waals surface area contributed by atoms with E-state index in [-0.39, 0.29) is 5.91 Å². The molecule has 0 saturated heterocycles. The summed E-state index contributed by atoms with van der Waals surface area (Å²) in [5.74, 6) is -0.610. The highest BCUT2D eigenvalue weighted by molar-refractivity contribution is 5.94. The van der Waals surface area contributed by atoms with E-state index in [4.69, 9.17) is 5.73 Å². The van der Waals surface area contributed by atoms with E-state index in [1.54, 1.807) is 31.0 Å². The Hall–Kier alpha value is -2.36. The zero-order valence-corrected chi connectivity index (χ0v) is 11.6. The van der Waals surface area contributed by atoms with Gasteiger partial charge in [0.2, 0.25) is 0 Å². The fourth-order valence-electron chi connectivity index (χ4n) is 2.12. The lowest BCUT2D eigenvalue weighted by atomic mass is 10.1. The van der Waals surface area contributed by atoms with Crippen molar-refractivity contribution in [2.45, 2.75) is 13.5 Å². The number of amides is 1. The van der Waals surface area contributed by atoms with Crippen molar-refractivity contribution in [1.82, 2.24) is 4.90 Å². The molecule has 4 heteroatoms. The van der Waals surface area contributed by atoms with Gasteiger partial charge in [-0.1, -0.05) is 12.1 Å². The van der Waals surface area contributed by atoms with E-state index in [9.17, 15) is 9.18 Å². The predicted molar refractivity (Wildman–Crippen MR) is 77.8 cm³/mol. The minimum absolute atomic E-state index is 0.213. The van der Waals surface area contributed by atoms with Crippen LogP contribution in [0.1, 0.15) is 21.5 Å². The number of hydrogen-bond acceptors (Lipinski definition) is 2. The van der Waals surface area contributed by atoms with Crippen molar-refractivity contribution in [2.75, 3.05) is 12.8 Å². The van der Waals surface area contributed by atoms with Crippen LogP contribution in [-0.2, 0) is 6.54 Å². The minimum atomic E-state index is -0.397. The first kappa shape index (κ1) is 14.1. The Labute approximate surface area is 117 Å². The second-order valence-electron chi connectivity index (χ2n) is 4.92. The van der Waals surface area contributed by atoms with Gasteiger partial charge in [0.15, 0.2) is 0 Å². The molecule has 0 unspecified atom stereocenters. The molecule has 0 aliphatic carbocycles. The number of carbonyl (C=O) groups is 1. The molecule has 2 aromatic rings. The van der Waals surface area contributed by atoms with Crippen molar-refractivity contribution in [1.29, 1.82) is 0 Å². The zero-order valence-electron chi connectivity index (χ0n) is 11.6. The summed E-state index contributed by atoms with van der Waals surface area (Å²) in [5.41, 5.74) is 8.39. The van der Waals surface area contributed by atoms with Crippen LogP contribution in [0.15, 0.2) is 42.5 Å². The molecular weight excluding hydrogens is 255 g/mol. The van der Waals surface area contributed by atoms with E-state index < -0.39 is 5.82 Å². The highest BCUT2D eigenvalue weighted by Crippen LogP contribution is 2.13. The lowest BCUT2D eigenvalue weighted by Gasteiger charge is -2.18. The van der Waals surface area contributed by atoms with E-state index in [1.165, 1.54) is 12.1 Å². The topological polar surface area (TPSA) is 46.3 Å². The Morgan fingerprint density at radius 2 is 2.00 bits per heavy atom. The van der Waals surface area contributed by atoms with Crippen LogP contribution in [0.4, 0.5) is 10.1 Å². The number of carbonyl (C=O) groups excluding carboxylic acids is 1. The number of aryl methyl sites for hydroxylation is 1. The summed E-state index contributed by atoms with van der Waals surface area (Å²) in [7, 11) is 1.69. The molecule has 0 radical (unpaired) electrons. The molecule has 2 rings (SSSR count). The smallest absolute Gasteiger partial charge is 0.254 e. The van der Waals surface area contributed by atoms with Gasteiger partial charge in [-0.05, 0) is 48.4 Å². The van der Waals surface area contributed by atoms with Gasteiger partial charge in [0.25, 0.3) is 5.91 Å². The first-order valence-electron chi connectivity index (χ1n) is 6.33. The van der Waals surface area contributed by atoms with Gasteiger partial charge in [-0.25, -0.2) is 4.39 Å². The monoisotopic (exact) mass is 272 g/mol. The van der Waals surface area contributed by atoms with Gasteiger partial charge in [0, 0.05) is 24.8 Å². The first-order chi connectivity index (χ1) is 9.45. The largest absolute Gasteiger partial charge is 0.399 e. The van der Waals surface area contributed by atoms with Gasteiger partial charge in [0.1, 0.15) is 5.82 Å². The number of nitrogens with zero attached hydrogens (tertiary/aromatic N) is 1. The van der Waals surface area contributed by atoms with E-state index in [2.05, 4.69) is 0 Å². The molecular formula is C16H17FN2O. The third-order valence-corrected chi connectivity index (χ3v) is 3.01. The van der Waals surface area contributed by atoms with Crippen LogP contribution in [0, 0.1) is 12.7 Å². The molecule has 1 amide bonds. The van der Waals surface area contributed by atoms with Crippen molar-refractivity contribution in [3.63, 3.8) is 0 Å². The summed E-state index contributed by atoms with van der Waals surface area (Å²) in [6.07, 6.45) is 0. The second kappa shape index (κ2) is 5.74. The predicted octanol–water partition coefficient (Wildman–Crippen LogP) is 2.99. The average molecular weight is 272 g/mol. The van der Waals surface area contributed by atoms with Gasteiger partial charge in [-0.15, -0.1) is 0 Å². The van der Waals surface area contributed by atoms with Gasteiger partial charge >= 0.3 is 0 Å². The third kappa shape index (κ3) is 3.35. The number of nitrogen functional groups attached to an aromatic ring is 1. The lowest BCUT2D eigenvalue weighted by Crippen LogP contribution is -2.26. The van der Waals surface area contributed by atoms with Crippen molar-refractivity contribution >= 4 is 11.6 Å². The van der Waals surface area contributed by atoms with Gasteiger partial charge < -0.3 is 10.6 Å². The third-order valence-electron chi connectivity index (χ3n) is 3.01. The summed E-state index contributed by atoms with van der Waals surface area (Å²) in [6.45, 7) is 2.19. The standard InChI is InChI=1S/C16H17FN2O/c1-11-6-13(9-14(17)7-11)16(20)19(2)10-12-4-3-5-15(18)8-12/h3-9H,10,18H2,1-2H3. The minimum Gasteiger partial charge on any atom is -0.399 e. The number of hydrogen-bond donors (Lipinski definition) is 1. The maximum atomic E-state index is 13.3. The Bertz CT molecular complexity index is 620. The van der Waals surface area contributed by atoms with Crippen molar-refractivity contribution in [2.24, 2.45) is 0 Å². The number of benzene rings is 2. The molecule has 0 spiro atoms. The van der Waals surface area contributed by atoms with Crippen molar-refractivity contribution in [3.8, 4) is 0 Å². The van der Waals surface area contributed by atoms with Gasteiger partial charge in [0.05, 0.1) is 0 Å². The Morgan fingerprint density at radius 1 is 1.25 bits per heavy atom. The molecule has 0 fully saturated rings. The maximum Gasteiger partial charge on any atom is 0.254 e. The van der Waals surface area contributed by atoms with E-state index in [0.717, 1.165) is 11.1 Å². The van der Waals surface area contributed by atoms with E-state index >= 15 is 0 Å². The van der Waals surface area contributed by atoms with Gasteiger partial charge in [-0.2, -0.15) is 0 Å². The quantitative estimate of drug-likeness (QED) is 0.873. The highest BCUT2D eigenvalue weighted by atomic mass is 19.1. The second-order valence-corrected chi connectivity index (χ2v) is 4.92. The van der Waals surface area contributed by atoms with Crippen LogP contribution in [0.5, 0.6) is 0 Å². The normalized spacial score (nSPS) is 10.3. The molecule has 104 valence electrons. The van der Waals surface area contributed by atoms with E-state index in [1.807, 2.05) is 18.2 Å². The number of rotatable bonds is 3. The number of nitrogens with two attached hydrogens (primary N) is 1. The fraction of sp³-hybridized carbons (Fsp3) is 0.188. The van der Waals surface area contributed by atoms with Crippen LogP contribution in [0.2, 0.25) is 0 Å². The summed E-state index contributed by atoms with van der Waals surface area (Å²) in [5, 5.41) is 0. The fourth-order valence-corrected chi connectivity index (χ4v) is 2.12. The van der Waals surface area contributed by atoms with Crippen LogP contribution in [-0.4, -0.2) is 17.9 Å². The van der Waals surface area contributed by atoms with Crippen LogP contribution in [0.25, 0.3) is 0 Å². The van der Waals surface area contributed by atoms with Crippen molar-refractivity contribution < 1.29 is 9.18 Å². The molecule has 0 aliphatic rings. The molecule has 0 aromatic heterocycles. The van der Waals surface area contributed by atoms with Crippen LogP contribution in [0.3, 0.4) is 0 Å². The number of halogens is 1. The van der Waals surface area contributed by atoms with Crippen LogP contribution >= 0.6 is 0 Å². The Kier molecular flexibility index (Phi) is 4.03. The molecule has 3 nitrogen and oxygen atoms in total. The lowest BCUT2D eigenvalue weighted by molar-refractivity contribution is 0.0784. The molecule has 2 aromatic carbocycles. The summed E-state index contributed by atoms with van der Waals surface area (Å²) in [4.78, 5) is 13.8. The van der Waals surface area contributed by atoms with Crippen LogP contribution < -0.4 is 5.73 Å². The summed E-state index contributed by atoms with van der Waals surface area (Å²) in [6, 6.07) is 11.7. The summed E-state index contributed by atoms with van der Waals surface area (Å²) < 4.78 is 13.3. The molecule has 0 saturated carbocycles. The summed E-state index contributed by atoms with van der Waals surface area (Å²) >= 11 is 0. The molecule has 2 N–H and O–H groups in total. The Morgan fingerprint density at radius 3 is 2.65 bits per heavy atom. The SMILES string of the molecule is Cc1cc(F)cc(C(=O)N(C)Cc2cccc(N)c2)c1. The molecule has 0 aliphatic heterocycles. The first-order valence-corrected chi connectivity index (χ1v) is 6.33. The van der Waals surface area contributed by atoms with E-state index in [0.29, 0.717) is 17.8 Å². The molecule has 0 bridgehead atoms. The zero-order chi connectivity index (χ0) is 14.7. The van der Waals surface area contributed by atoms with Crippen molar-refractivity contribution in [3.05, 3.63) is 65.0 Å². The van der Waals surface area contributed by atoms with Gasteiger partial charge in [-0.3, -0.25) is 4.79 Å². The average Bonchev–Trinajstić information content (AvgIpc) is 2.36. The molecule has 0 heterocycles.